The van der Waals surface area contributed by atoms with E-state index in [1.807, 2.05) is 32.9 Å². The Bertz CT molecular complexity index is 1120. The number of aromatic nitrogens is 4. The number of nitrogens with two attached hydrogens (primary N) is 2. The van der Waals surface area contributed by atoms with Gasteiger partial charge in [-0.25, -0.2) is 0 Å². The van der Waals surface area contributed by atoms with Crippen molar-refractivity contribution >= 4 is 34.5 Å². The van der Waals surface area contributed by atoms with Crippen LogP contribution in [0.2, 0.25) is 0 Å². The summed E-state index contributed by atoms with van der Waals surface area (Å²) in [6, 6.07) is 6.22. The van der Waals surface area contributed by atoms with Crippen molar-refractivity contribution in [2.45, 2.75) is 58.7 Å². The lowest BCUT2D eigenvalue weighted by atomic mass is 10.2. The van der Waals surface area contributed by atoms with Crippen LogP contribution in [0.15, 0.2) is 24.3 Å². The van der Waals surface area contributed by atoms with Gasteiger partial charge < -0.3 is 31.9 Å². The smallest absolute Gasteiger partial charge is 0.296 e. The second kappa shape index (κ2) is 10.7. The lowest BCUT2D eigenvalue weighted by molar-refractivity contribution is -0.120. The highest BCUT2D eigenvalue weighted by molar-refractivity contribution is 5.94. The number of aromatic hydroxyl groups is 1. The summed E-state index contributed by atoms with van der Waals surface area (Å²) >= 11 is 0. The summed E-state index contributed by atoms with van der Waals surface area (Å²) in [6.07, 6.45) is 2.01. The van der Waals surface area contributed by atoms with Gasteiger partial charge >= 0.3 is 0 Å². The van der Waals surface area contributed by atoms with E-state index >= 15 is 0 Å². The van der Waals surface area contributed by atoms with Crippen molar-refractivity contribution in [1.82, 2.24) is 19.5 Å². The van der Waals surface area contributed by atoms with Gasteiger partial charge in [-0.05, 0) is 44.9 Å². The van der Waals surface area contributed by atoms with Gasteiger partial charge in [0.25, 0.3) is 6.01 Å². The highest BCUT2D eigenvalue weighted by Crippen LogP contribution is 2.25. The maximum absolute atomic E-state index is 12.3. The number of hydrogen-bond acceptors (Lipinski definition) is 9. The molecule has 0 aliphatic rings. The van der Waals surface area contributed by atoms with Crippen molar-refractivity contribution in [3.05, 3.63) is 29.8 Å². The Morgan fingerprint density at radius 3 is 2.56 bits per heavy atom. The van der Waals surface area contributed by atoms with Crippen molar-refractivity contribution in [3.8, 4) is 6.01 Å². The number of benzene rings is 1. The molecule has 7 N–H and O–H groups in total. The molecule has 11 nitrogen and oxygen atoms in total. The minimum Gasteiger partial charge on any atom is -0.480 e. The molecule has 3 aromatic rings. The molecule has 0 aliphatic carbocycles. The third-order valence-electron chi connectivity index (χ3n) is 5.01. The number of nitrogens with zero attached hydrogens (tertiary/aromatic N) is 4. The summed E-state index contributed by atoms with van der Waals surface area (Å²) in [5, 5.41) is 16.3. The Morgan fingerprint density at radius 1 is 1.21 bits per heavy atom. The van der Waals surface area contributed by atoms with E-state index in [0.717, 1.165) is 24.9 Å². The van der Waals surface area contributed by atoms with Crippen LogP contribution < -0.4 is 22.1 Å². The molecule has 0 bridgehead atoms. The number of carbonyl (C=O) groups excluding carboxylic acids is 1. The normalized spacial score (nSPS) is 12.6. The minimum absolute atomic E-state index is 0.126. The van der Waals surface area contributed by atoms with Crippen LogP contribution in [-0.2, 0) is 16.1 Å². The van der Waals surface area contributed by atoms with Crippen LogP contribution in [0, 0.1) is 0 Å². The number of nitrogen functional groups attached to an aromatic ring is 1. The van der Waals surface area contributed by atoms with Crippen molar-refractivity contribution in [3.63, 3.8) is 0 Å². The number of ether oxygens (including phenoxy) is 1. The zero-order valence-corrected chi connectivity index (χ0v) is 20.1. The van der Waals surface area contributed by atoms with Gasteiger partial charge in [0.15, 0.2) is 17.0 Å². The monoisotopic (exact) mass is 470 g/mol. The van der Waals surface area contributed by atoms with Crippen molar-refractivity contribution in [2.75, 3.05) is 29.5 Å². The number of amides is 1. The van der Waals surface area contributed by atoms with Crippen molar-refractivity contribution in [2.24, 2.45) is 5.73 Å². The van der Waals surface area contributed by atoms with E-state index in [0.29, 0.717) is 29.3 Å². The number of hydrogen-bond donors (Lipinski definition) is 5. The van der Waals surface area contributed by atoms with Gasteiger partial charge in [-0.2, -0.15) is 15.0 Å². The van der Waals surface area contributed by atoms with E-state index < -0.39 is 6.04 Å². The summed E-state index contributed by atoms with van der Waals surface area (Å²) in [6.45, 7) is 8.97. The summed E-state index contributed by atoms with van der Waals surface area (Å²) in [7, 11) is 0. The SMILES string of the molecule is CCCCNc1nc(N)c2nc(O)n(Cc3ccc(NC(=O)[C@@H](N)COC(C)(C)C)cc3)c2n1. The molecule has 0 aliphatic heterocycles. The first-order chi connectivity index (χ1) is 16.1. The quantitative estimate of drug-likeness (QED) is 0.280. The molecule has 0 saturated carbocycles. The number of carbonyl (C=O) groups is 1. The lowest BCUT2D eigenvalue weighted by Gasteiger charge is -2.22. The molecule has 2 aromatic heterocycles. The molecule has 0 radical (unpaired) electrons. The highest BCUT2D eigenvalue weighted by atomic mass is 16.5. The second-order valence-corrected chi connectivity index (χ2v) is 9.10. The zero-order chi connectivity index (χ0) is 24.9. The van der Waals surface area contributed by atoms with Gasteiger partial charge in [-0.1, -0.05) is 25.5 Å². The first-order valence-electron chi connectivity index (χ1n) is 11.3. The van der Waals surface area contributed by atoms with Crippen LogP contribution >= 0.6 is 0 Å². The fraction of sp³-hybridized carbons (Fsp3) is 0.478. The molecule has 2 heterocycles. The Hall–Kier alpha value is -3.44. The average Bonchev–Trinajstić information content (AvgIpc) is 3.09. The van der Waals surface area contributed by atoms with Gasteiger partial charge in [0, 0.05) is 12.2 Å². The summed E-state index contributed by atoms with van der Waals surface area (Å²) in [5.74, 6) is 0.262. The summed E-state index contributed by atoms with van der Waals surface area (Å²) < 4.78 is 7.14. The molecular formula is C23H34N8O3. The van der Waals surface area contributed by atoms with E-state index in [4.69, 9.17) is 16.2 Å². The van der Waals surface area contributed by atoms with Crippen molar-refractivity contribution in [1.29, 1.82) is 0 Å². The van der Waals surface area contributed by atoms with E-state index in [1.54, 1.807) is 16.7 Å². The predicted molar refractivity (Wildman–Crippen MR) is 133 cm³/mol. The highest BCUT2D eigenvalue weighted by Gasteiger charge is 2.19. The Labute approximate surface area is 198 Å². The maximum Gasteiger partial charge on any atom is 0.296 e. The number of unbranched alkanes of at least 4 members (excludes halogenated alkanes) is 1. The van der Waals surface area contributed by atoms with Gasteiger partial charge in [-0.3, -0.25) is 9.36 Å². The van der Waals surface area contributed by atoms with Crippen LogP contribution in [0.1, 0.15) is 46.1 Å². The minimum atomic E-state index is -0.779. The molecule has 1 atom stereocenters. The molecule has 184 valence electrons. The molecule has 3 rings (SSSR count). The predicted octanol–water partition coefficient (Wildman–Crippen LogP) is 2.46. The third-order valence-corrected chi connectivity index (χ3v) is 5.01. The molecule has 11 heteroatoms. The Morgan fingerprint density at radius 2 is 1.91 bits per heavy atom. The summed E-state index contributed by atoms with van der Waals surface area (Å²) in [5.41, 5.74) is 13.8. The second-order valence-electron chi connectivity index (χ2n) is 9.10. The topological polar surface area (TPSA) is 166 Å². The first kappa shape index (κ1) is 25.2. The summed E-state index contributed by atoms with van der Waals surface area (Å²) in [4.78, 5) is 25.2. The van der Waals surface area contributed by atoms with Gasteiger partial charge in [0.05, 0.1) is 18.8 Å². The lowest BCUT2D eigenvalue weighted by Crippen LogP contribution is -2.41. The molecule has 0 spiro atoms. The fourth-order valence-corrected chi connectivity index (χ4v) is 3.14. The average molecular weight is 471 g/mol. The molecule has 1 aromatic carbocycles. The molecule has 1 amide bonds. The van der Waals surface area contributed by atoms with Crippen LogP contribution in [0.3, 0.4) is 0 Å². The Balaban J connectivity index is 1.70. The maximum atomic E-state index is 12.3. The number of imidazole rings is 1. The standard InChI is InChI=1S/C23H34N8O3/c1-5-6-11-26-21-29-18(25)17-19(30-21)31(22(33)28-17)12-14-7-9-15(10-8-14)27-20(32)16(24)13-34-23(2,3)4/h7-10,16H,5-6,11-13,24H2,1-4H3,(H,27,32)(H,28,33)(H3,25,26,29,30)/t16-/m0/s1. The van der Waals surface area contributed by atoms with Crippen LogP contribution in [0.5, 0.6) is 6.01 Å². The van der Waals surface area contributed by atoms with E-state index in [1.165, 1.54) is 0 Å². The van der Waals surface area contributed by atoms with Gasteiger partial charge in [-0.15, -0.1) is 0 Å². The molecule has 34 heavy (non-hydrogen) atoms. The molecule has 0 saturated heterocycles. The van der Waals surface area contributed by atoms with E-state index in [-0.39, 0.29) is 29.9 Å². The van der Waals surface area contributed by atoms with Crippen LogP contribution in [-0.4, -0.2) is 55.3 Å². The first-order valence-corrected chi connectivity index (χ1v) is 11.3. The third kappa shape index (κ3) is 6.55. The molecule has 0 unspecified atom stereocenters. The van der Waals surface area contributed by atoms with Crippen LogP contribution in [0.4, 0.5) is 17.5 Å². The number of rotatable bonds is 10. The Kier molecular flexibility index (Phi) is 7.90. The number of nitrogens with one attached hydrogen (secondary N) is 2. The fourth-order valence-electron chi connectivity index (χ4n) is 3.14. The van der Waals surface area contributed by atoms with E-state index in [9.17, 15) is 9.90 Å². The van der Waals surface area contributed by atoms with Crippen molar-refractivity contribution < 1.29 is 14.6 Å². The van der Waals surface area contributed by atoms with E-state index in [2.05, 4.69) is 32.5 Å². The largest absolute Gasteiger partial charge is 0.480 e. The molecule has 0 fully saturated rings. The van der Waals surface area contributed by atoms with Crippen LogP contribution in [0.25, 0.3) is 11.2 Å². The van der Waals surface area contributed by atoms with Gasteiger partial charge in [0.1, 0.15) is 6.04 Å². The zero-order valence-electron chi connectivity index (χ0n) is 20.1. The van der Waals surface area contributed by atoms with Gasteiger partial charge in [0.2, 0.25) is 11.9 Å². The number of fused-ring (bicyclic) bond motifs is 1. The molecular weight excluding hydrogens is 436 g/mol. The number of anilines is 3.